The molecule has 0 unspecified atom stereocenters. The molecule has 0 aromatic heterocycles. The van der Waals surface area contributed by atoms with E-state index >= 15 is 0 Å². The lowest BCUT2D eigenvalue weighted by Gasteiger charge is -2.44. The summed E-state index contributed by atoms with van der Waals surface area (Å²) in [6.07, 6.45) is 2.72. The molecular weight excluding hydrogens is 298 g/mol. The van der Waals surface area contributed by atoms with Gasteiger partial charge in [0, 0.05) is 35.5 Å². The van der Waals surface area contributed by atoms with Gasteiger partial charge in [-0.1, -0.05) is 24.3 Å². The third kappa shape index (κ3) is 2.94. The van der Waals surface area contributed by atoms with E-state index in [0.29, 0.717) is 5.56 Å². The third-order valence-corrected chi connectivity index (χ3v) is 4.83. The van der Waals surface area contributed by atoms with Gasteiger partial charge in [-0.05, 0) is 50.1 Å². The lowest BCUT2D eigenvalue weighted by atomic mass is 9.84. The van der Waals surface area contributed by atoms with Crippen molar-refractivity contribution in [2.45, 2.75) is 25.8 Å². The van der Waals surface area contributed by atoms with E-state index in [9.17, 15) is 4.79 Å². The number of hydrogen-bond acceptors (Lipinski definition) is 3. The van der Waals surface area contributed by atoms with Gasteiger partial charge >= 0.3 is 0 Å². The van der Waals surface area contributed by atoms with Crippen LogP contribution in [0, 0.1) is 0 Å². The molecule has 1 aliphatic rings. The first-order valence-electron chi connectivity index (χ1n) is 8.14. The van der Waals surface area contributed by atoms with Crippen LogP contribution in [0.2, 0.25) is 0 Å². The minimum Gasteiger partial charge on any atom is -0.497 e. The van der Waals surface area contributed by atoms with Gasteiger partial charge in [0.05, 0.1) is 7.11 Å². The predicted octanol–water partition coefficient (Wildman–Crippen LogP) is 4.19. The molecule has 0 fully saturated rings. The average Bonchev–Trinajstić information content (AvgIpc) is 2.58. The summed E-state index contributed by atoms with van der Waals surface area (Å²) < 4.78 is 5.15. The molecule has 24 heavy (non-hydrogen) atoms. The molecule has 1 aliphatic heterocycles. The summed E-state index contributed by atoms with van der Waals surface area (Å²) in [6.45, 7) is 4.41. The Hall–Kier alpha value is -2.55. The van der Waals surface area contributed by atoms with Crippen molar-refractivity contribution in [3.05, 3.63) is 71.3 Å². The number of ether oxygens (including phenoxy) is 1. The Morgan fingerprint density at radius 3 is 2.46 bits per heavy atom. The highest BCUT2D eigenvalue weighted by atomic mass is 16.5. The van der Waals surface area contributed by atoms with Crippen LogP contribution in [0.25, 0.3) is 5.70 Å². The largest absolute Gasteiger partial charge is 0.497 e. The van der Waals surface area contributed by atoms with Crippen molar-refractivity contribution in [2.24, 2.45) is 0 Å². The van der Waals surface area contributed by atoms with Crippen molar-refractivity contribution in [1.29, 1.82) is 0 Å². The van der Waals surface area contributed by atoms with E-state index in [1.54, 1.807) is 25.3 Å². The molecule has 3 rings (SSSR count). The second-order valence-corrected chi connectivity index (χ2v) is 6.83. The van der Waals surface area contributed by atoms with Gasteiger partial charge in [-0.15, -0.1) is 0 Å². The van der Waals surface area contributed by atoms with Crippen LogP contribution in [0.4, 0.5) is 0 Å². The molecule has 0 spiro atoms. The Kier molecular flexibility index (Phi) is 4.18. The minimum absolute atomic E-state index is 0.00649. The van der Waals surface area contributed by atoms with Crippen molar-refractivity contribution < 1.29 is 9.53 Å². The number of fused-ring (bicyclic) bond motifs is 1. The number of rotatable bonds is 3. The maximum absolute atomic E-state index is 12.7. The Labute approximate surface area is 143 Å². The van der Waals surface area contributed by atoms with Crippen molar-refractivity contribution in [1.82, 2.24) is 4.90 Å². The maximum Gasteiger partial charge on any atom is 0.187 e. The SMILES string of the molecule is COc1ccc(C(=O)C=C2c3ccccc3CC(C)(C)N2C)cc1. The van der Waals surface area contributed by atoms with E-state index in [2.05, 4.69) is 44.0 Å². The molecule has 0 bridgehead atoms. The fourth-order valence-corrected chi connectivity index (χ4v) is 3.15. The Bertz CT molecular complexity index is 788. The van der Waals surface area contributed by atoms with Crippen LogP contribution in [0.3, 0.4) is 0 Å². The summed E-state index contributed by atoms with van der Waals surface area (Å²) in [5.74, 6) is 0.757. The molecule has 124 valence electrons. The molecule has 3 heteroatoms. The lowest BCUT2D eigenvalue weighted by Crippen LogP contribution is -2.45. The van der Waals surface area contributed by atoms with Crippen molar-refractivity contribution in [3.8, 4) is 5.75 Å². The molecule has 2 aromatic rings. The standard InChI is InChI=1S/C21H23NO2/c1-21(2)14-16-7-5-6-8-18(16)19(22(21)3)13-20(23)15-9-11-17(24-4)12-10-15/h5-13H,14H2,1-4H3. The van der Waals surface area contributed by atoms with E-state index in [1.807, 2.05) is 18.2 Å². The van der Waals surface area contributed by atoms with Gasteiger partial charge in [-0.2, -0.15) is 0 Å². The van der Waals surface area contributed by atoms with Crippen molar-refractivity contribution in [3.63, 3.8) is 0 Å². The molecular formula is C21H23NO2. The van der Waals surface area contributed by atoms with Crippen LogP contribution < -0.4 is 4.74 Å². The molecule has 0 saturated carbocycles. The van der Waals surface area contributed by atoms with Crippen LogP contribution in [-0.2, 0) is 6.42 Å². The van der Waals surface area contributed by atoms with Crippen LogP contribution in [0.5, 0.6) is 5.75 Å². The number of carbonyl (C=O) groups excluding carboxylic acids is 1. The number of allylic oxidation sites excluding steroid dienone is 1. The molecule has 0 amide bonds. The van der Waals surface area contributed by atoms with Gasteiger partial charge in [0.1, 0.15) is 5.75 Å². The second kappa shape index (κ2) is 6.16. The zero-order valence-electron chi connectivity index (χ0n) is 14.7. The summed E-state index contributed by atoms with van der Waals surface area (Å²) in [6, 6.07) is 15.6. The van der Waals surface area contributed by atoms with Gasteiger partial charge in [-0.3, -0.25) is 4.79 Å². The smallest absolute Gasteiger partial charge is 0.187 e. The highest BCUT2D eigenvalue weighted by Gasteiger charge is 2.33. The van der Waals surface area contributed by atoms with Gasteiger partial charge in [0.2, 0.25) is 0 Å². The highest BCUT2D eigenvalue weighted by molar-refractivity contribution is 6.08. The highest BCUT2D eigenvalue weighted by Crippen LogP contribution is 2.36. The fourth-order valence-electron chi connectivity index (χ4n) is 3.15. The van der Waals surface area contributed by atoms with Gasteiger partial charge in [0.15, 0.2) is 5.78 Å². The molecule has 0 aliphatic carbocycles. The summed E-state index contributed by atoms with van der Waals surface area (Å²) in [7, 11) is 3.68. The number of likely N-dealkylation sites (N-methyl/N-ethyl adjacent to an activating group) is 1. The third-order valence-electron chi connectivity index (χ3n) is 4.83. The maximum atomic E-state index is 12.7. The quantitative estimate of drug-likeness (QED) is 0.627. The van der Waals surface area contributed by atoms with Crippen LogP contribution in [0.15, 0.2) is 54.6 Å². The Morgan fingerprint density at radius 1 is 1.12 bits per heavy atom. The van der Waals surface area contributed by atoms with Crippen molar-refractivity contribution in [2.75, 3.05) is 14.2 Å². The van der Waals surface area contributed by atoms with Crippen LogP contribution in [0.1, 0.15) is 35.3 Å². The van der Waals surface area contributed by atoms with E-state index in [4.69, 9.17) is 4.74 Å². The molecule has 2 aromatic carbocycles. The fraction of sp³-hybridized carbons (Fsp3) is 0.286. The van der Waals surface area contributed by atoms with Crippen molar-refractivity contribution >= 4 is 11.5 Å². The zero-order chi connectivity index (χ0) is 17.3. The van der Waals surface area contributed by atoms with Crippen LogP contribution in [-0.4, -0.2) is 30.4 Å². The summed E-state index contributed by atoms with van der Waals surface area (Å²) in [4.78, 5) is 14.9. The first-order chi connectivity index (χ1) is 11.4. The number of methoxy groups -OCH3 is 1. The lowest BCUT2D eigenvalue weighted by molar-refractivity contribution is 0.104. The molecule has 3 nitrogen and oxygen atoms in total. The number of nitrogens with zero attached hydrogens (tertiary/aromatic N) is 1. The summed E-state index contributed by atoms with van der Waals surface area (Å²) in [5.41, 5.74) is 4.04. The first-order valence-corrected chi connectivity index (χ1v) is 8.14. The van der Waals surface area contributed by atoms with E-state index in [-0.39, 0.29) is 11.3 Å². The molecule has 0 N–H and O–H groups in total. The summed E-state index contributed by atoms with van der Waals surface area (Å²) in [5, 5.41) is 0. The molecule has 0 saturated heterocycles. The predicted molar refractivity (Wildman–Crippen MR) is 97.3 cm³/mol. The molecule has 0 atom stereocenters. The number of ketones is 1. The monoisotopic (exact) mass is 321 g/mol. The normalized spacial score (nSPS) is 17.5. The summed E-state index contributed by atoms with van der Waals surface area (Å²) >= 11 is 0. The number of benzene rings is 2. The van der Waals surface area contributed by atoms with Crippen LogP contribution >= 0.6 is 0 Å². The van der Waals surface area contributed by atoms with E-state index in [0.717, 1.165) is 23.4 Å². The zero-order valence-corrected chi connectivity index (χ0v) is 14.7. The average molecular weight is 321 g/mol. The van der Waals surface area contributed by atoms with Gasteiger partial charge < -0.3 is 9.64 Å². The van der Waals surface area contributed by atoms with E-state index in [1.165, 1.54) is 5.56 Å². The minimum atomic E-state index is -0.0274. The topological polar surface area (TPSA) is 29.5 Å². The second-order valence-electron chi connectivity index (χ2n) is 6.83. The Balaban J connectivity index is 2.02. The van der Waals surface area contributed by atoms with Gasteiger partial charge in [0.25, 0.3) is 0 Å². The van der Waals surface area contributed by atoms with Gasteiger partial charge in [-0.25, -0.2) is 0 Å². The first kappa shape index (κ1) is 16.3. The Morgan fingerprint density at radius 2 is 1.79 bits per heavy atom. The molecule has 1 heterocycles. The molecule has 0 radical (unpaired) electrons. The number of hydrogen-bond donors (Lipinski definition) is 0. The number of carbonyl (C=O) groups is 1. The van der Waals surface area contributed by atoms with E-state index < -0.39 is 0 Å².